The molecule has 4 aromatic rings. The fourth-order valence-electron chi connectivity index (χ4n) is 2.95. The van der Waals surface area contributed by atoms with Crippen molar-refractivity contribution in [1.82, 2.24) is 14.9 Å². The highest BCUT2D eigenvalue weighted by Crippen LogP contribution is 2.21. The second-order valence-corrected chi connectivity index (χ2v) is 7.12. The van der Waals surface area contributed by atoms with Crippen molar-refractivity contribution < 1.29 is 9.53 Å². The molecule has 1 N–H and O–H groups in total. The Kier molecular flexibility index (Phi) is 4.90. The number of carbonyl (C=O) groups excluding carboxylic acids is 1. The first-order valence-electron chi connectivity index (χ1n) is 8.63. The van der Waals surface area contributed by atoms with Gasteiger partial charge >= 0.3 is 0 Å². The van der Waals surface area contributed by atoms with E-state index in [9.17, 15) is 9.59 Å². The van der Waals surface area contributed by atoms with Gasteiger partial charge in [-0.3, -0.25) is 14.2 Å². The van der Waals surface area contributed by atoms with Gasteiger partial charge in [0.25, 0.3) is 11.5 Å². The fourth-order valence-corrected chi connectivity index (χ4v) is 3.59. The molecule has 2 aromatic heterocycles. The van der Waals surface area contributed by atoms with Crippen molar-refractivity contribution in [3.63, 3.8) is 0 Å². The minimum absolute atomic E-state index is 0.203. The van der Waals surface area contributed by atoms with Gasteiger partial charge in [0.2, 0.25) is 0 Å². The maximum Gasteiger partial charge on any atom is 0.265 e. The number of nitrogens with one attached hydrogen (secondary N) is 1. The molecular weight excluding hydrogens is 374 g/mol. The summed E-state index contributed by atoms with van der Waals surface area (Å²) in [5, 5.41) is 5.28. The molecule has 0 radical (unpaired) electrons. The molecule has 0 spiro atoms. The van der Waals surface area contributed by atoms with Gasteiger partial charge in [-0.2, -0.15) is 0 Å². The maximum absolute atomic E-state index is 12.9. The molecule has 0 aliphatic heterocycles. The summed E-state index contributed by atoms with van der Waals surface area (Å²) in [4.78, 5) is 30.8. The summed E-state index contributed by atoms with van der Waals surface area (Å²) < 4.78 is 6.78. The molecule has 1 amide bonds. The van der Waals surface area contributed by atoms with E-state index in [0.717, 1.165) is 4.88 Å². The zero-order chi connectivity index (χ0) is 19.5. The van der Waals surface area contributed by atoms with Crippen LogP contribution in [0.3, 0.4) is 0 Å². The SMILES string of the molecule is COc1ccccc1-n1cnc2cc(C(=O)NCc3cccs3)ccc2c1=O. The first-order valence-corrected chi connectivity index (χ1v) is 9.51. The number of hydrogen-bond donors (Lipinski definition) is 1. The molecule has 4 rings (SSSR count). The Labute approximate surface area is 165 Å². The molecule has 28 heavy (non-hydrogen) atoms. The number of carbonyl (C=O) groups is 1. The summed E-state index contributed by atoms with van der Waals surface area (Å²) in [5.41, 5.74) is 1.33. The van der Waals surface area contributed by atoms with Crippen LogP contribution in [0.1, 0.15) is 15.2 Å². The highest BCUT2D eigenvalue weighted by atomic mass is 32.1. The Morgan fingerprint density at radius 1 is 1.18 bits per heavy atom. The van der Waals surface area contributed by atoms with Crippen molar-refractivity contribution in [3.8, 4) is 11.4 Å². The Morgan fingerprint density at radius 2 is 2.04 bits per heavy atom. The number of benzene rings is 2. The Hall–Kier alpha value is -3.45. The van der Waals surface area contributed by atoms with Gasteiger partial charge < -0.3 is 10.1 Å². The van der Waals surface area contributed by atoms with Crippen molar-refractivity contribution in [2.24, 2.45) is 0 Å². The number of aromatic nitrogens is 2. The zero-order valence-corrected chi connectivity index (χ0v) is 15.9. The summed E-state index contributed by atoms with van der Waals surface area (Å²) in [6.45, 7) is 0.470. The minimum atomic E-state index is -0.222. The van der Waals surface area contributed by atoms with Gasteiger partial charge in [0, 0.05) is 10.4 Å². The average molecular weight is 391 g/mol. The summed E-state index contributed by atoms with van der Waals surface area (Å²) in [6.07, 6.45) is 1.45. The van der Waals surface area contributed by atoms with E-state index in [-0.39, 0.29) is 11.5 Å². The monoisotopic (exact) mass is 391 g/mol. The van der Waals surface area contributed by atoms with Gasteiger partial charge in [-0.05, 0) is 41.8 Å². The van der Waals surface area contributed by atoms with Gasteiger partial charge in [0.05, 0.1) is 30.2 Å². The molecule has 0 saturated carbocycles. The van der Waals surface area contributed by atoms with E-state index in [4.69, 9.17) is 4.74 Å². The largest absolute Gasteiger partial charge is 0.495 e. The number of rotatable bonds is 5. The van der Waals surface area contributed by atoms with Crippen LogP contribution in [0.25, 0.3) is 16.6 Å². The Balaban J connectivity index is 1.66. The fraction of sp³-hybridized carbons (Fsp3) is 0.0952. The number of methoxy groups -OCH3 is 1. The summed E-state index contributed by atoms with van der Waals surface area (Å²) in [6, 6.07) is 16.1. The first-order chi connectivity index (χ1) is 13.7. The average Bonchev–Trinajstić information content (AvgIpc) is 3.26. The van der Waals surface area contributed by atoms with Crippen LogP contribution in [0.2, 0.25) is 0 Å². The van der Waals surface area contributed by atoms with Crippen LogP contribution < -0.4 is 15.6 Å². The molecular formula is C21H17N3O3S. The molecule has 2 aromatic carbocycles. The van der Waals surface area contributed by atoms with E-state index in [1.54, 1.807) is 48.8 Å². The van der Waals surface area contributed by atoms with Crippen molar-refractivity contribution >= 4 is 28.1 Å². The highest BCUT2D eigenvalue weighted by molar-refractivity contribution is 7.09. The zero-order valence-electron chi connectivity index (χ0n) is 15.1. The predicted molar refractivity (Wildman–Crippen MR) is 109 cm³/mol. The molecule has 0 fully saturated rings. The summed E-state index contributed by atoms with van der Waals surface area (Å²) >= 11 is 1.59. The van der Waals surface area contributed by atoms with Gasteiger partial charge in [-0.15, -0.1) is 11.3 Å². The summed E-state index contributed by atoms with van der Waals surface area (Å²) in [7, 11) is 1.55. The van der Waals surface area contributed by atoms with E-state index in [1.165, 1.54) is 10.9 Å². The molecule has 0 atom stereocenters. The van der Waals surface area contributed by atoms with Crippen LogP contribution in [-0.2, 0) is 6.54 Å². The molecule has 0 aliphatic rings. The summed E-state index contributed by atoms with van der Waals surface area (Å²) in [5.74, 6) is 0.376. The third-order valence-corrected chi connectivity index (χ3v) is 5.25. The van der Waals surface area contributed by atoms with Crippen LogP contribution in [0, 0.1) is 0 Å². The second kappa shape index (κ2) is 7.66. The number of ether oxygens (including phenoxy) is 1. The number of amides is 1. The van der Waals surface area contributed by atoms with E-state index in [0.29, 0.717) is 34.4 Å². The third kappa shape index (κ3) is 3.39. The van der Waals surface area contributed by atoms with Crippen LogP contribution in [0.5, 0.6) is 5.75 Å². The van der Waals surface area contributed by atoms with Crippen LogP contribution in [0.15, 0.2) is 71.1 Å². The molecule has 7 heteroatoms. The molecule has 2 heterocycles. The lowest BCUT2D eigenvalue weighted by Gasteiger charge is -2.11. The predicted octanol–water partition coefficient (Wildman–Crippen LogP) is 3.39. The Morgan fingerprint density at radius 3 is 2.82 bits per heavy atom. The molecule has 6 nitrogen and oxygen atoms in total. The maximum atomic E-state index is 12.9. The number of nitrogens with zero attached hydrogens (tertiary/aromatic N) is 2. The standard InChI is InChI=1S/C21H17N3O3S/c1-27-19-7-3-2-6-18(19)24-13-23-17-11-14(8-9-16(17)21(24)26)20(25)22-12-15-5-4-10-28-15/h2-11,13H,12H2,1H3,(H,22,25). The lowest BCUT2D eigenvalue weighted by Crippen LogP contribution is -2.23. The van der Waals surface area contributed by atoms with E-state index >= 15 is 0 Å². The number of hydrogen-bond acceptors (Lipinski definition) is 5. The molecule has 0 unspecified atom stereocenters. The lowest BCUT2D eigenvalue weighted by atomic mass is 10.1. The topological polar surface area (TPSA) is 73.2 Å². The van der Waals surface area contributed by atoms with E-state index in [2.05, 4.69) is 10.3 Å². The van der Waals surface area contributed by atoms with Gasteiger partial charge in [0.15, 0.2) is 0 Å². The van der Waals surface area contributed by atoms with E-state index < -0.39 is 0 Å². The van der Waals surface area contributed by atoms with Crippen molar-refractivity contribution in [3.05, 3.63) is 87.1 Å². The van der Waals surface area contributed by atoms with Crippen molar-refractivity contribution in [1.29, 1.82) is 0 Å². The molecule has 0 aliphatic carbocycles. The quantitative estimate of drug-likeness (QED) is 0.566. The number of fused-ring (bicyclic) bond motifs is 1. The number of thiophene rings is 1. The molecule has 140 valence electrons. The molecule has 0 saturated heterocycles. The second-order valence-electron chi connectivity index (χ2n) is 6.09. The van der Waals surface area contributed by atoms with Crippen LogP contribution in [-0.4, -0.2) is 22.6 Å². The van der Waals surface area contributed by atoms with Crippen molar-refractivity contribution in [2.75, 3.05) is 7.11 Å². The smallest absolute Gasteiger partial charge is 0.265 e. The van der Waals surface area contributed by atoms with Gasteiger partial charge in [-0.1, -0.05) is 18.2 Å². The number of para-hydroxylation sites is 2. The normalized spacial score (nSPS) is 10.8. The van der Waals surface area contributed by atoms with Gasteiger partial charge in [-0.25, -0.2) is 4.98 Å². The van der Waals surface area contributed by atoms with Crippen LogP contribution >= 0.6 is 11.3 Å². The van der Waals surface area contributed by atoms with Gasteiger partial charge in [0.1, 0.15) is 12.1 Å². The van der Waals surface area contributed by atoms with Crippen LogP contribution in [0.4, 0.5) is 0 Å². The highest BCUT2D eigenvalue weighted by Gasteiger charge is 2.12. The minimum Gasteiger partial charge on any atom is -0.495 e. The van der Waals surface area contributed by atoms with E-state index in [1.807, 2.05) is 29.6 Å². The Bertz CT molecular complexity index is 1200. The first kappa shape index (κ1) is 17.9. The van der Waals surface area contributed by atoms with Crippen molar-refractivity contribution in [2.45, 2.75) is 6.54 Å². The lowest BCUT2D eigenvalue weighted by molar-refractivity contribution is 0.0951. The third-order valence-electron chi connectivity index (χ3n) is 4.37. The molecule has 0 bridgehead atoms.